The molecular formula is C22H27F7O5. The third-order valence-corrected chi connectivity index (χ3v) is 6.27. The van der Waals surface area contributed by atoms with Gasteiger partial charge in [0.05, 0.1) is 19.1 Å². The standard InChI is InChI=1S/C22H27F7O5/c1-3-8-19(2)11-31-21(30,32-12-19)14-6-4-13(5-7-14)20(25,26)33-15-9-16(23)18(17(24)10-15)34-22(27,28)29/h9-10,13-14,30H,3-8,11-12H2,1-2H3. The van der Waals surface area contributed by atoms with Crippen LogP contribution in [0.15, 0.2) is 12.1 Å². The van der Waals surface area contributed by atoms with Crippen molar-refractivity contribution in [2.24, 2.45) is 17.3 Å². The van der Waals surface area contributed by atoms with Crippen LogP contribution in [0.5, 0.6) is 11.5 Å². The lowest BCUT2D eigenvalue weighted by molar-refractivity contribution is -0.428. The van der Waals surface area contributed by atoms with Crippen LogP contribution in [0.2, 0.25) is 0 Å². The molecule has 0 aromatic heterocycles. The van der Waals surface area contributed by atoms with Crippen molar-refractivity contribution in [2.75, 3.05) is 13.2 Å². The predicted molar refractivity (Wildman–Crippen MR) is 104 cm³/mol. The average molecular weight is 504 g/mol. The topological polar surface area (TPSA) is 57.2 Å². The molecule has 1 aliphatic carbocycles. The van der Waals surface area contributed by atoms with E-state index in [0.717, 1.165) is 12.8 Å². The number of alkyl halides is 5. The Morgan fingerprint density at radius 3 is 1.97 bits per heavy atom. The van der Waals surface area contributed by atoms with E-state index < -0.39 is 53.4 Å². The minimum Gasteiger partial charge on any atom is -0.432 e. The second-order valence-corrected chi connectivity index (χ2v) is 9.24. The molecule has 1 aromatic carbocycles. The SMILES string of the molecule is CCCC1(C)COC(O)(C2CCC(C(F)(F)Oc3cc(F)c(OC(F)(F)F)c(F)c3)CC2)OC1. The van der Waals surface area contributed by atoms with Gasteiger partial charge in [-0.05, 0) is 32.1 Å². The Morgan fingerprint density at radius 1 is 0.971 bits per heavy atom. The Balaban J connectivity index is 1.60. The maximum atomic E-state index is 14.7. The molecule has 1 saturated carbocycles. The molecule has 194 valence electrons. The summed E-state index contributed by atoms with van der Waals surface area (Å²) >= 11 is 0. The van der Waals surface area contributed by atoms with Crippen molar-refractivity contribution in [3.63, 3.8) is 0 Å². The summed E-state index contributed by atoms with van der Waals surface area (Å²) in [6.45, 7) is 4.52. The average Bonchev–Trinajstić information content (AvgIpc) is 2.73. The van der Waals surface area contributed by atoms with Crippen LogP contribution in [-0.4, -0.2) is 36.8 Å². The lowest BCUT2D eigenvalue weighted by atomic mass is 9.79. The number of rotatable bonds is 7. The Kier molecular flexibility index (Phi) is 7.64. The van der Waals surface area contributed by atoms with Crippen LogP contribution in [0.3, 0.4) is 0 Å². The Labute approximate surface area is 192 Å². The van der Waals surface area contributed by atoms with Crippen molar-refractivity contribution in [2.45, 2.75) is 70.8 Å². The minimum atomic E-state index is -5.36. The molecule has 1 saturated heterocycles. The first-order valence-corrected chi connectivity index (χ1v) is 11.0. The van der Waals surface area contributed by atoms with Crippen LogP contribution in [-0.2, 0) is 9.47 Å². The van der Waals surface area contributed by atoms with Crippen molar-refractivity contribution in [3.05, 3.63) is 23.8 Å². The molecule has 12 heteroatoms. The van der Waals surface area contributed by atoms with Crippen LogP contribution < -0.4 is 9.47 Å². The van der Waals surface area contributed by atoms with E-state index in [1.807, 2.05) is 13.8 Å². The number of hydrogen-bond donors (Lipinski definition) is 1. The summed E-state index contributed by atoms with van der Waals surface area (Å²) in [4.78, 5) is 0. The highest BCUT2D eigenvalue weighted by atomic mass is 19.4. The maximum Gasteiger partial charge on any atom is 0.573 e. The van der Waals surface area contributed by atoms with E-state index in [1.165, 1.54) is 0 Å². The summed E-state index contributed by atoms with van der Waals surface area (Å²) in [6.07, 6.45) is -7.47. The normalized spacial score (nSPS) is 30.8. The quantitative estimate of drug-likeness (QED) is 0.452. The molecule has 0 radical (unpaired) electrons. The Bertz CT molecular complexity index is 822. The summed E-state index contributed by atoms with van der Waals surface area (Å²) in [5.41, 5.74) is -0.246. The lowest BCUT2D eigenvalue weighted by Crippen LogP contribution is -2.54. The molecule has 0 bridgehead atoms. The van der Waals surface area contributed by atoms with Crippen LogP contribution >= 0.6 is 0 Å². The molecule has 2 aliphatic rings. The van der Waals surface area contributed by atoms with Gasteiger partial charge in [-0.1, -0.05) is 20.3 Å². The number of aliphatic hydroxyl groups is 1. The third-order valence-electron chi connectivity index (χ3n) is 6.27. The van der Waals surface area contributed by atoms with Gasteiger partial charge >= 0.3 is 12.5 Å². The maximum absolute atomic E-state index is 14.7. The molecule has 1 aromatic rings. The third kappa shape index (κ3) is 6.25. The van der Waals surface area contributed by atoms with Crippen LogP contribution in [0.25, 0.3) is 0 Å². The highest BCUT2D eigenvalue weighted by molar-refractivity contribution is 5.35. The van der Waals surface area contributed by atoms with Gasteiger partial charge in [-0.25, -0.2) is 8.78 Å². The van der Waals surface area contributed by atoms with Gasteiger partial charge in [0.15, 0.2) is 11.6 Å². The van der Waals surface area contributed by atoms with Gasteiger partial charge in [-0.2, -0.15) is 8.78 Å². The van der Waals surface area contributed by atoms with Gasteiger partial charge < -0.3 is 24.1 Å². The summed E-state index contributed by atoms with van der Waals surface area (Å²) in [7, 11) is 0. The van der Waals surface area contributed by atoms with Gasteiger partial charge in [-0.15, -0.1) is 13.2 Å². The molecule has 2 fully saturated rings. The second kappa shape index (κ2) is 9.69. The Morgan fingerprint density at radius 2 is 1.50 bits per heavy atom. The van der Waals surface area contributed by atoms with E-state index in [2.05, 4.69) is 9.47 Å². The molecule has 3 rings (SSSR count). The van der Waals surface area contributed by atoms with Gasteiger partial charge in [0, 0.05) is 23.5 Å². The van der Waals surface area contributed by atoms with Crippen LogP contribution in [0.4, 0.5) is 30.7 Å². The summed E-state index contributed by atoms with van der Waals surface area (Å²) < 4.78 is 113. The monoisotopic (exact) mass is 504 g/mol. The fourth-order valence-corrected chi connectivity index (χ4v) is 4.47. The predicted octanol–water partition coefficient (Wildman–Crippen LogP) is 6.14. The molecule has 0 atom stereocenters. The molecule has 0 amide bonds. The fraction of sp³-hybridized carbons (Fsp3) is 0.727. The summed E-state index contributed by atoms with van der Waals surface area (Å²) in [5.74, 6) is -10.2. The van der Waals surface area contributed by atoms with E-state index in [0.29, 0.717) is 0 Å². The molecule has 5 nitrogen and oxygen atoms in total. The highest BCUT2D eigenvalue weighted by Gasteiger charge is 2.51. The lowest BCUT2D eigenvalue weighted by Gasteiger charge is -2.46. The van der Waals surface area contributed by atoms with Crippen LogP contribution in [0.1, 0.15) is 52.4 Å². The van der Waals surface area contributed by atoms with E-state index in [4.69, 9.17) is 9.47 Å². The molecule has 34 heavy (non-hydrogen) atoms. The molecule has 1 N–H and O–H groups in total. The summed E-state index contributed by atoms with van der Waals surface area (Å²) in [6, 6.07) is 0.396. The highest BCUT2D eigenvalue weighted by Crippen LogP contribution is 2.46. The van der Waals surface area contributed by atoms with E-state index in [-0.39, 0.29) is 56.4 Å². The molecule has 0 spiro atoms. The second-order valence-electron chi connectivity index (χ2n) is 9.24. The van der Waals surface area contributed by atoms with Crippen molar-refractivity contribution in [3.8, 4) is 11.5 Å². The van der Waals surface area contributed by atoms with Crippen molar-refractivity contribution < 1.29 is 54.8 Å². The van der Waals surface area contributed by atoms with Crippen molar-refractivity contribution >= 4 is 0 Å². The van der Waals surface area contributed by atoms with E-state index >= 15 is 0 Å². The molecule has 0 unspecified atom stereocenters. The van der Waals surface area contributed by atoms with E-state index in [9.17, 15) is 35.8 Å². The van der Waals surface area contributed by atoms with Crippen LogP contribution in [0, 0.1) is 28.9 Å². The minimum absolute atomic E-state index is 0.112. The van der Waals surface area contributed by atoms with Gasteiger partial charge in [0.25, 0.3) is 5.97 Å². The molecule has 1 aliphatic heterocycles. The Hall–Kier alpha value is -1.79. The fourth-order valence-electron chi connectivity index (χ4n) is 4.47. The zero-order valence-electron chi connectivity index (χ0n) is 18.7. The zero-order valence-corrected chi connectivity index (χ0v) is 18.7. The first-order valence-electron chi connectivity index (χ1n) is 11.0. The first-order chi connectivity index (χ1) is 15.7. The number of halogens is 7. The zero-order chi connectivity index (χ0) is 25.4. The molecule has 1 heterocycles. The van der Waals surface area contributed by atoms with E-state index in [1.54, 1.807) is 0 Å². The summed E-state index contributed by atoms with van der Waals surface area (Å²) in [5, 5.41) is 10.7. The largest absolute Gasteiger partial charge is 0.573 e. The van der Waals surface area contributed by atoms with Crippen molar-refractivity contribution in [1.82, 2.24) is 0 Å². The van der Waals surface area contributed by atoms with Gasteiger partial charge in [0.2, 0.25) is 5.75 Å². The number of ether oxygens (including phenoxy) is 4. The van der Waals surface area contributed by atoms with Gasteiger partial charge in [0.1, 0.15) is 5.75 Å². The molecular weight excluding hydrogens is 477 g/mol. The first kappa shape index (κ1) is 26.8. The number of hydrogen-bond acceptors (Lipinski definition) is 5. The van der Waals surface area contributed by atoms with Gasteiger partial charge in [-0.3, -0.25) is 0 Å². The number of benzene rings is 1. The smallest absolute Gasteiger partial charge is 0.432 e. The van der Waals surface area contributed by atoms with Crippen molar-refractivity contribution in [1.29, 1.82) is 0 Å².